The van der Waals surface area contributed by atoms with Gasteiger partial charge >= 0.3 is 5.97 Å². The summed E-state index contributed by atoms with van der Waals surface area (Å²) in [6.07, 6.45) is 2.12. The Morgan fingerprint density at radius 1 is 1.53 bits per heavy atom. The van der Waals surface area contributed by atoms with Gasteiger partial charge in [-0.15, -0.1) is 0 Å². The van der Waals surface area contributed by atoms with E-state index in [-0.39, 0.29) is 5.82 Å². The van der Waals surface area contributed by atoms with Crippen molar-refractivity contribution in [2.45, 2.75) is 13.3 Å². The average molecular weight is 237 g/mol. The third-order valence-electron chi connectivity index (χ3n) is 2.52. The summed E-state index contributed by atoms with van der Waals surface area (Å²) in [6, 6.07) is 6.20. The number of rotatable bonds is 5. The third-order valence-corrected chi connectivity index (χ3v) is 2.52. The van der Waals surface area contributed by atoms with Crippen molar-refractivity contribution in [3.8, 4) is 0 Å². The molecule has 92 valence electrons. The lowest BCUT2D eigenvalue weighted by molar-refractivity contribution is -0.132. The van der Waals surface area contributed by atoms with Gasteiger partial charge in [-0.3, -0.25) is 0 Å². The van der Waals surface area contributed by atoms with Crippen molar-refractivity contribution >= 4 is 11.7 Å². The summed E-state index contributed by atoms with van der Waals surface area (Å²) in [4.78, 5) is 12.6. The Bertz CT molecular complexity index is 429. The second-order valence-corrected chi connectivity index (χ2v) is 3.75. The Morgan fingerprint density at radius 3 is 2.76 bits per heavy atom. The van der Waals surface area contributed by atoms with Crippen LogP contribution >= 0.6 is 0 Å². The number of carboxylic acid groups (broad SMARTS) is 1. The van der Waals surface area contributed by atoms with Crippen LogP contribution in [0.3, 0.4) is 0 Å². The van der Waals surface area contributed by atoms with Crippen molar-refractivity contribution in [2.24, 2.45) is 0 Å². The zero-order valence-corrected chi connectivity index (χ0v) is 9.98. The summed E-state index contributed by atoms with van der Waals surface area (Å²) >= 11 is 0. The van der Waals surface area contributed by atoms with Gasteiger partial charge in [0.05, 0.1) is 0 Å². The van der Waals surface area contributed by atoms with Gasteiger partial charge in [0, 0.05) is 24.9 Å². The van der Waals surface area contributed by atoms with Gasteiger partial charge < -0.3 is 10.0 Å². The number of nitrogens with zero attached hydrogens (tertiary/aromatic N) is 1. The Morgan fingerprint density at radius 2 is 2.24 bits per heavy atom. The molecule has 4 heteroatoms. The molecule has 1 rings (SSSR count). The summed E-state index contributed by atoms with van der Waals surface area (Å²) in [6.45, 7) is 2.24. The van der Waals surface area contributed by atoms with E-state index in [0.29, 0.717) is 18.5 Å². The van der Waals surface area contributed by atoms with E-state index in [1.807, 2.05) is 0 Å². The lowest BCUT2D eigenvalue weighted by atomic mass is 10.2. The lowest BCUT2D eigenvalue weighted by Gasteiger charge is -2.17. The number of halogens is 1. The predicted molar refractivity (Wildman–Crippen MR) is 65.7 cm³/mol. The maximum Gasteiger partial charge on any atom is 0.331 e. The minimum Gasteiger partial charge on any atom is -0.478 e. The van der Waals surface area contributed by atoms with Gasteiger partial charge in [-0.1, -0.05) is 19.1 Å². The lowest BCUT2D eigenvalue weighted by Crippen LogP contribution is -2.18. The molecule has 0 radical (unpaired) electrons. The van der Waals surface area contributed by atoms with Gasteiger partial charge in [-0.05, 0) is 24.6 Å². The molecule has 0 spiro atoms. The first kappa shape index (κ1) is 13.2. The molecule has 0 aliphatic carbocycles. The molecule has 3 nitrogen and oxygen atoms in total. The minimum atomic E-state index is -0.903. The Balaban J connectivity index is 2.73. The number of hydrogen-bond donors (Lipinski definition) is 1. The van der Waals surface area contributed by atoms with Crippen molar-refractivity contribution in [1.82, 2.24) is 0 Å². The molecule has 0 unspecified atom stereocenters. The van der Waals surface area contributed by atoms with Crippen LogP contribution in [-0.4, -0.2) is 24.7 Å². The van der Waals surface area contributed by atoms with E-state index in [2.05, 4.69) is 0 Å². The van der Waals surface area contributed by atoms with Crippen molar-refractivity contribution in [3.63, 3.8) is 0 Å². The first-order valence-electron chi connectivity index (χ1n) is 5.43. The molecule has 0 heterocycles. The van der Waals surface area contributed by atoms with Crippen molar-refractivity contribution < 1.29 is 14.3 Å². The Hall–Kier alpha value is -1.84. The maximum atomic E-state index is 13.0. The van der Waals surface area contributed by atoms with Crippen LogP contribution in [0.15, 0.2) is 35.9 Å². The number of aliphatic carboxylic acids is 1. The number of hydrogen-bond acceptors (Lipinski definition) is 2. The molecule has 0 bridgehead atoms. The van der Waals surface area contributed by atoms with E-state index in [4.69, 9.17) is 5.11 Å². The van der Waals surface area contributed by atoms with Crippen molar-refractivity contribution in [3.05, 3.63) is 41.7 Å². The molecular weight excluding hydrogens is 221 g/mol. The number of carbonyl (C=O) groups is 1. The molecule has 1 N–H and O–H groups in total. The van der Waals surface area contributed by atoms with E-state index < -0.39 is 5.97 Å². The first-order valence-corrected chi connectivity index (χ1v) is 5.43. The van der Waals surface area contributed by atoms with Crippen LogP contribution in [0, 0.1) is 5.82 Å². The fourth-order valence-corrected chi connectivity index (χ4v) is 1.45. The molecular formula is C13H16FNO2. The van der Waals surface area contributed by atoms with Gasteiger partial charge in [-0.2, -0.15) is 0 Å². The number of benzene rings is 1. The second kappa shape index (κ2) is 6.03. The molecule has 0 aromatic heterocycles. The number of anilines is 1. The molecule has 1 aromatic carbocycles. The smallest absolute Gasteiger partial charge is 0.331 e. The average Bonchev–Trinajstić information content (AvgIpc) is 2.29. The van der Waals surface area contributed by atoms with Gasteiger partial charge in [-0.25, -0.2) is 9.18 Å². The van der Waals surface area contributed by atoms with E-state index in [1.165, 1.54) is 12.1 Å². The zero-order valence-electron chi connectivity index (χ0n) is 9.98. The predicted octanol–water partition coefficient (Wildman–Crippen LogP) is 2.68. The zero-order chi connectivity index (χ0) is 12.8. The molecule has 0 saturated heterocycles. The molecule has 17 heavy (non-hydrogen) atoms. The van der Waals surface area contributed by atoms with Crippen LogP contribution in [0.5, 0.6) is 0 Å². The van der Waals surface area contributed by atoms with Crippen LogP contribution in [0.1, 0.15) is 13.3 Å². The summed E-state index contributed by atoms with van der Waals surface area (Å²) < 4.78 is 13.0. The summed E-state index contributed by atoms with van der Waals surface area (Å²) in [5.74, 6) is -1.20. The fraction of sp³-hybridized carbons (Fsp3) is 0.308. The summed E-state index contributed by atoms with van der Waals surface area (Å²) in [7, 11) is 1.79. The van der Waals surface area contributed by atoms with E-state index in [1.54, 1.807) is 37.1 Å². The SMILES string of the molecule is CCC(=CCN(C)c1cccc(F)c1)C(=O)O. The van der Waals surface area contributed by atoms with Gasteiger partial charge in [0.2, 0.25) is 0 Å². The topological polar surface area (TPSA) is 40.5 Å². The van der Waals surface area contributed by atoms with Crippen LogP contribution in [0.4, 0.5) is 10.1 Å². The van der Waals surface area contributed by atoms with Crippen molar-refractivity contribution in [1.29, 1.82) is 0 Å². The maximum absolute atomic E-state index is 13.0. The first-order chi connectivity index (χ1) is 8.04. The number of likely N-dealkylation sites (N-methyl/N-ethyl adjacent to an activating group) is 1. The van der Waals surface area contributed by atoms with E-state index in [0.717, 1.165) is 5.69 Å². The Kier molecular flexibility index (Phi) is 4.69. The highest BCUT2D eigenvalue weighted by molar-refractivity contribution is 5.86. The molecule has 0 fully saturated rings. The second-order valence-electron chi connectivity index (χ2n) is 3.75. The van der Waals surface area contributed by atoms with Crippen LogP contribution < -0.4 is 4.90 Å². The van der Waals surface area contributed by atoms with Crippen LogP contribution in [0.2, 0.25) is 0 Å². The Labute approximate surface area is 100 Å². The minimum absolute atomic E-state index is 0.299. The molecule has 0 saturated carbocycles. The van der Waals surface area contributed by atoms with Gasteiger partial charge in [0.25, 0.3) is 0 Å². The standard InChI is InChI=1S/C13H16FNO2/c1-3-10(13(16)17)7-8-15(2)12-6-4-5-11(14)9-12/h4-7,9H,3,8H2,1-2H3,(H,16,17). The van der Waals surface area contributed by atoms with Gasteiger partial charge in [0.15, 0.2) is 0 Å². The normalized spacial score (nSPS) is 11.4. The molecule has 1 aromatic rings. The molecule has 0 atom stereocenters. The summed E-state index contributed by atoms with van der Waals surface area (Å²) in [5.41, 5.74) is 1.09. The van der Waals surface area contributed by atoms with E-state index >= 15 is 0 Å². The van der Waals surface area contributed by atoms with Gasteiger partial charge in [0.1, 0.15) is 5.82 Å². The molecule has 0 aliphatic heterocycles. The summed E-state index contributed by atoms with van der Waals surface area (Å²) in [5, 5.41) is 8.85. The quantitative estimate of drug-likeness (QED) is 0.800. The fourth-order valence-electron chi connectivity index (χ4n) is 1.45. The third kappa shape index (κ3) is 3.90. The highest BCUT2D eigenvalue weighted by atomic mass is 19.1. The molecule has 0 aliphatic rings. The van der Waals surface area contributed by atoms with Crippen LogP contribution in [0.25, 0.3) is 0 Å². The largest absolute Gasteiger partial charge is 0.478 e. The van der Waals surface area contributed by atoms with Crippen molar-refractivity contribution in [2.75, 3.05) is 18.5 Å². The highest BCUT2D eigenvalue weighted by Crippen LogP contribution is 2.14. The molecule has 0 amide bonds. The van der Waals surface area contributed by atoms with Crippen LogP contribution in [-0.2, 0) is 4.79 Å². The monoisotopic (exact) mass is 237 g/mol. The van der Waals surface area contributed by atoms with E-state index in [9.17, 15) is 9.18 Å². The number of carboxylic acids is 1. The highest BCUT2D eigenvalue weighted by Gasteiger charge is 2.05.